The predicted octanol–water partition coefficient (Wildman–Crippen LogP) is 5.39. The van der Waals surface area contributed by atoms with Crippen LogP contribution in [0.5, 0.6) is 0 Å². The fourth-order valence-electron chi connectivity index (χ4n) is 2.55. The maximum Gasteiger partial charge on any atom is 0.0379 e. The van der Waals surface area contributed by atoms with E-state index < -0.39 is 0 Å². The van der Waals surface area contributed by atoms with Gasteiger partial charge in [-0.15, -0.1) is 11.6 Å². The monoisotopic (exact) mass is 286 g/mol. The molecule has 0 aliphatic rings. The zero-order valence-electron chi connectivity index (χ0n) is 12.6. The van der Waals surface area contributed by atoms with E-state index in [9.17, 15) is 0 Å². The normalized spacial score (nSPS) is 12.4. The van der Waals surface area contributed by atoms with Crippen molar-refractivity contribution in [2.24, 2.45) is 0 Å². The van der Waals surface area contributed by atoms with Gasteiger partial charge in [0, 0.05) is 5.38 Å². The molecule has 2 rings (SSSR count). The van der Waals surface area contributed by atoms with Gasteiger partial charge in [-0.3, -0.25) is 0 Å². The lowest BCUT2D eigenvalue weighted by Crippen LogP contribution is -2.06. The minimum absolute atomic E-state index is 0.205. The number of hydrogen-bond acceptors (Lipinski definition) is 0. The molecule has 0 nitrogen and oxygen atoms in total. The Balaban J connectivity index is 1.92. The summed E-state index contributed by atoms with van der Waals surface area (Å²) in [6.45, 7) is 6.44. The van der Waals surface area contributed by atoms with Gasteiger partial charge in [-0.05, 0) is 56.7 Å². The number of aryl methyl sites for hydroxylation is 4. The Hall–Kier alpha value is -1.27. The van der Waals surface area contributed by atoms with Crippen LogP contribution in [0, 0.1) is 20.8 Å². The van der Waals surface area contributed by atoms with E-state index in [1.807, 2.05) is 0 Å². The van der Waals surface area contributed by atoms with Gasteiger partial charge >= 0.3 is 0 Å². The fraction of sp³-hybridized carbons (Fsp3) is 0.368. The Morgan fingerprint density at radius 1 is 0.950 bits per heavy atom. The average molecular weight is 287 g/mol. The van der Waals surface area contributed by atoms with E-state index in [1.165, 1.54) is 27.8 Å². The van der Waals surface area contributed by atoms with Gasteiger partial charge in [-0.2, -0.15) is 0 Å². The first-order valence-electron chi connectivity index (χ1n) is 7.30. The number of rotatable bonds is 5. The maximum atomic E-state index is 6.53. The highest BCUT2D eigenvalue weighted by molar-refractivity contribution is 6.20. The molecule has 0 radical (unpaired) electrons. The summed E-state index contributed by atoms with van der Waals surface area (Å²) in [6.07, 6.45) is 3.04. The van der Waals surface area contributed by atoms with Crippen molar-refractivity contribution in [3.05, 3.63) is 70.3 Å². The molecule has 0 spiro atoms. The van der Waals surface area contributed by atoms with Crippen LogP contribution in [0.4, 0.5) is 0 Å². The molecule has 0 bridgehead atoms. The molecule has 1 atom stereocenters. The first-order chi connectivity index (χ1) is 9.54. The van der Waals surface area contributed by atoms with Gasteiger partial charge in [-0.25, -0.2) is 0 Å². The molecule has 2 aromatic carbocycles. The summed E-state index contributed by atoms with van der Waals surface area (Å²) in [6, 6.07) is 15.3. The van der Waals surface area contributed by atoms with Gasteiger partial charge in [0.1, 0.15) is 0 Å². The smallest absolute Gasteiger partial charge is 0.0379 e. The number of halogens is 1. The second kappa shape index (κ2) is 6.95. The van der Waals surface area contributed by atoms with Crippen molar-refractivity contribution < 1.29 is 0 Å². The molecule has 0 heterocycles. The Labute approximate surface area is 127 Å². The minimum Gasteiger partial charge on any atom is -0.123 e. The van der Waals surface area contributed by atoms with Gasteiger partial charge in [0.05, 0.1) is 0 Å². The van der Waals surface area contributed by atoms with Crippen molar-refractivity contribution >= 4 is 11.6 Å². The molecule has 0 amide bonds. The zero-order valence-corrected chi connectivity index (χ0v) is 13.4. The Morgan fingerprint density at radius 3 is 2.45 bits per heavy atom. The molecule has 106 valence electrons. The summed E-state index contributed by atoms with van der Waals surface area (Å²) >= 11 is 6.53. The summed E-state index contributed by atoms with van der Waals surface area (Å²) in [5.41, 5.74) is 6.75. The van der Waals surface area contributed by atoms with Crippen LogP contribution >= 0.6 is 11.6 Å². The second-order valence-electron chi connectivity index (χ2n) is 5.76. The second-order valence-corrected chi connectivity index (χ2v) is 6.38. The van der Waals surface area contributed by atoms with Crippen molar-refractivity contribution in [1.29, 1.82) is 0 Å². The van der Waals surface area contributed by atoms with Crippen LogP contribution in [0.2, 0.25) is 0 Å². The number of alkyl halides is 1. The molecule has 2 aromatic rings. The summed E-state index contributed by atoms with van der Waals surface area (Å²) in [7, 11) is 0. The summed E-state index contributed by atoms with van der Waals surface area (Å²) in [5, 5.41) is 0.205. The van der Waals surface area contributed by atoms with Crippen molar-refractivity contribution in [2.45, 2.75) is 45.4 Å². The SMILES string of the molecule is Cc1cccc(CCC(Cl)Cc2cc(C)ccc2C)c1. The summed E-state index contributed by atoms with van der Waals surface area (Å²) in [5.74, 6) is 0. The largest absolute Gasteiger partial charge is 0.123 e. The van der Waals surface area contributed by atoms with E-state index in [-0.39, 0.29) is 5.38 Å². The van der Waals surface area contributed by atoms with E-state index in [2.05, 4.69) is 63.2 Å². The zero-order chi connectivity index (χ0) is 14.5. The van der Waals surface area contributed by atoms with Gasteiger partial charge in [0.2, 0.25) is 0 Å². The highest BCUT2D eigenvalue weighted by Crippen LogP contribution is 2.19. The molecular formula is C19H23Cl. The van der Waals surface area contributed by atoms with Crippen LogP contribution < -0.4 is 0 Å². The molecule has 0 aromatic heterocycles. The molecule has 0 saturated heterocycles. The lowest BCUT2D eigenvalue weighted by molar-refractivity contribution is 0.740. The van der Waals surface area contributed by atoms with Crippen LogP contribution in [0.25, 0.3) is 0 Å². The molecule has 1 heteroatoms. The van der Waals surface area contributed by atoms with Gasteiger partial charge in [-0.1, -0.05) is 53.6 Å². The maximum absolute atomic E-state index is 6.53. The van der Waals surface area contributed by atoms with Crippen LogP contribution in [0.15, 0.2) is 42.5 Å². The quantitative estimate of drug-likeness (QED) is 0.646. The minimum atomic E-state index is 0.205. The molecular weight excluding hydrogens is 264 g/mol. The summed E-state index contributed by atoms with van der Waals surface area (Å²) < 4.78 is 0. The first kappa shape index (κ1) is 15.1. The Bertz CT molecular complexity index is 572. The fourth-order valence-corrected chi connectivity index (χ4v) is 2.83. The van der Waals surface area contributed by atoms with E-state index >= 15 is 0 Å². The molecule has 0 N–H and O–H groups in total. The average Bonchev–Trinajstić information content (AvgIpc) is 2.41. The Kier molecular flexibility index (Phi) is 5.25. The molecule has 1 unspecified atom stereocenters. The van der Waals surface area contributed by atoms with E-state index in [0.717, 1.165) is 19.3 Å². The molecule has 20 heavy (non-hydrogen) atoms. The third kappa shape index (κ3) is 4.38. The van der Waals surface area contributed by atoms with Crippen molar-refractivity contribution in [2.75, 3.05) is 0 Å². The van der Waals surface area contributed by atoms with E-state index in [1.54, 1.807) is 0 Å². The number of benzene rings is 2. The molecule has 0 fully saturated rings. The Morgan fingerprint density at radius 2 is 1.70 bits per heavy atom. The standard InChI is InChI=1S/C19H23Cl/c1-14-5-4-6-17(11-14)9-10-19(20)13-18-12-15(2)7-8-16(18)3/h4-8,11-12,19H,9-10,13H2,1-3H3. The summed E-state index contributed by atoms with van der Waals surface area (Å²) in [4.78, 5) is 0. The van der Waals surface area contributed by atoms with Crippen LogP contribution in [0.3, 0.4) is 0 Å². The third-order valence-corrected chi connectivity index (χ3v) is 4.15. The lowest BCUT2D eigenvalue weighted by atomic mass is 9.98. The van der Waals surface area contributed by atoms with Crippen molar-refractivity contribution in [3.8, 4) is 0 Å². The predicted molar refractivity (Wildman–Crippen MR) is 88.8 cm³/mol. The molecule has 0 aliphatic heterocycles. The van der Waals surface area contributed by atoms with Gasteiger partial charge in [0.25, 0.3) is 0 Å². The lowest BCUT2D eigenvalue weighted by Gasteiger charge is -2.12. The topological polar surface area (TPSA) is 0 Å². The van der Waals surface area contributed by atoms with E-state index in [0.29, 0.717) is 0 Å². The molecule has 0 saturated carbocycles. The van der Waals surface area contributed by atoms with Gasteiger partial charge < -0.3 is 0 Å². The van der Waals surface area contributed by atoms with Crippen molar-refractivity contribution in [3.63, 3.8) is 0 Å². The highest BCUT2D eigenvalue weighted by atomic mass is 35.5. The third-order valence-electron chi connectivity index (χ3n) is 3.77. The molecule has 0 aliphatic carbocycles. The van der Waals surface area contributed by atoms with Crippen LogP contribution in [0.1, 0.15) is 34.2 Å². The van der Waals surface area contributed by atoms with E-state index in [4.69, 9.17) is 11.6 Å². The first-order valence-corrected chi connectivity index (χ1v) is 7.74. The number of hydrogen-bond donors (Lipinski definition) is 0. The van der Waals surface area contributed by atoms with Crippen LogP contribution in [-0.4, -0.2) is 5.38 Å². The van der Waals surface area contributed by atoms with Crippen LogP contribution in [-0.2, 0) is 12.8 Å². The van der Waals surface area contributed by atoms with Gasteiger partial charge in [0.15, 0.2) is 0 Å². The van der Waals surface area contributed by atoms with Crippen molar-refractivity contribution in [1.82, 2.24) is 0 Å². The highest BCUT2D eigenvalue weighted by Gasteiger charge is 2.09.